The van der Waals surface area contributed by atoms with E-state index in [0.717, 1.165) is 12.8 Å². The molecule has 20 heavy (non-hydrogen) atoms. The van der Waals surface area contributed by atoms with Gasteiger partial charge in [0.05, 0.1) is 18.3 Å². The normalized spacial score (nSPS) is 34.0. The van der Waals surface area contributed by atoms with E-state index in [9.17, 15) is 5.11 Å². The summed E-state index contributed by atoms with van der Waals surface area (Å²) in [6.45, 7) is 4.54. The van der Waals surface area contributed by atoms with Gasteiger partial charge < -0.3 is 9.84 Å². The summed E-state index contributed by atoms with van der Waals surface area (Å²) in [6, 6.07) is 0. The molecule has 1 saturated carbocycles. The molecule has 0 radical (unpaired) electrons. The molecule has 1 saturated heterocycles. The van der Waals surface area contributed by atoms with Gasteiger partial charge in [-0.3, -0.25) is 0 Å². The van der Waals surface area contributed by atoms with Crippen LogP contribution < -0.4 is 0 Å². The Kier molecular flexibility index (Phi) is 6.83. The van der Waals surface area contributed by atoms with Gasteiger partial charge in [-0.25, -0.2) is 0 Å². The largest absolute Gasteiger partial charge is 0.393 e. The molecule has 1 N–H and O–H groups in total. The third-order valence-electron chi connectivity index (χ3n) is 5.51. The molecule has 0 amide bonds. The van der Waals surface area contributed by atoms with Gasteiger partial charge in [-0.1, -0.05) is 52.4 Å². The maximum atomic E-state index is 10.3. The summed E-state index contributed by atoms with van der Waals surface area (Å²) in [7, 11) is 0. The molecule has 1 aliphatic heterocycles. The molecule has 0 aromatic carbocycles. The van der Waals surface area contributed by atoms with E-state index in [1.165, 1.54) is 57.8 Å². The third-order valence-corrected chi connectivity index (χ3v) is 5.51. The average molecular weight is 282 g/mol. The van der Waals surface area contributed by atoms with Gasteiger partial charge in [-0.05, 0) is 43.9 Å². The summed E-state index contributed by atoms with van der Waals surface area (Å²) in [6.07, 6.45) is 14.0. The van der Waals surface area contributed by atoms with Crippen molar-refractivity contribution in [3.05, 3.63) is 0 Å². The Morgan fingerprint density at radius 1 is 1.10 bits per heavy atom. The molecule has 1 unspecified atom stereocenters. The van der Waals surface area contributed by atoms with Crippen molar-refractivity contribution < 1.29 is 9.84 Å². The molecule has 2 rings (SSSR count). The van der Waals surface area contributed by atoms with E-state index in [2.05, 4.69) is 13.8 Å². The maximum absolute atomic E-state index is 10.3. The standard InChI is InChI=1S/C18H34O2/c1-3-5-9-14(4-2)17-12-16(19)13-18(20-17)15-10-7-6-8-11-15/h14-19H,3-13H2,1-2H3/t14?,16-,17-,18+/m0/s1. The van der Waals surface area contributed by atoms with Crippen molar-refractivity contribution in [1.82, 2.24) is 0 Å². The van der Waals surface area contributed by atoms with Crippen LogP contribution in [0, 0.1) is 11.8 Å². The van der Waals surface area contributed by atoms with Crippen molar-refractivity contribution in [2.24, 2.45) is 11.8 Å². The second kappa shape index (κ2) is 8.38. The number of rotatable bonds is 6. The first-order valence-electron chi connectivity index (χ1n) is 9.08. The maximum Gasteiger partial charge on any atom is 0.0631 e. The van der Waals surface area contributed by atoms with Crippen LogP contribution in [0.3, 0.4) is 0 Å². The molecule has 0 spiro atoms. The van der Waals surface area contributed by atoms with Crippen molar-refractivity contribution in [2.75, 3.05) is 0 Å². The van der Waals surface area contributed by atoms with Crippen LogP contribution in [-0.2, 0) is 4.74 Å². The minimum Gasteiger partial charge on any atom is -0.393 e. The molecule has 4 atom stereocenters. The van der Waals surface area contributed by atoms with Gasteiger partial charge in [0.1, 0.15) is 0 Å². The van der Waals surface area contributed by atoms with Crippen molar-refractivity contribution in [1.29, 1.82) is 0 Å². The van der Waals surface area contributed by atoms with Gasteiger partial charge in [0.25, 0.3) is 0 Å². The van der Waals surface area contributed by atoms with Gasteiger partial charge in [0.15, 0.2) is 0 Å². The summed E-state index contributed by atoms with van der Waals surface area (Å²) in [5, 5.41) is 10.3. The summed E-state index contributed by atoms with van der Waals surface area (Å²) in [5.74, 6) is 1.36. The Labute approximate surface area is 125 Å². The molecule has 1 aliphatic carbocycles. The predicted octanol–water partition coefficient (Wildman–Crippen LogP) is 4.69. The van der Waals surface area contributed by atoms with Crippen LogP contribution in [0.2, 0.25) is 0 Å². The van der Waals surface area contributed by atoms with Crippen molar-refractivity contribution in [3.8, 4) is 0 Å². The van der Waals surface area contributed by atoms with Crippen LogP contribution in [0.15, 0.2) is 0 Å². The van der Waals surface area contributed by atoms with E-state index in [1.807, 2.05) is 0 Å². The number of hydrogen-bond donors (Lipinski definition) is 1. The Balaban J connectivity index is 1.91. The Morgan fingerprint density at radius 3 is 2.50 bits per heavy atom. The van der Waals surface area contributed by atoms with Crippen LogP contribution in [0.1, 0.15) is 84.5 Å². The number of aliphatic hydroxyl groups is 1. The molecule has 0 bridgehead atoms. The van der Waals surface area contributed by atoms with Gasteiger partial charge in [-0.2, -0.15) is 0 Å². The molecular formula is C18H34O2. The number of unbranched alkanes of at least 4 members (excludes halogenated alkanes) is 1. The topological polar surface area (TPSA) is 29.5 Å². The minimum absolute atomic E-state index is 0.128. The lowest BCUT2D eigenvalue weighted by Crippen LogP contribution is -2.43. The van der Waals surface area contributed by atoms with E-state index in [1.54, 1.807) is 0 Å². The summed E-state index contributed by atoms with van der Waals surface area (Å²) in [4.78, 5) is 0. The molecule has 2 aliphatic rings. The van der Waals surface area contributed by atoms with E-state index in [4.69, 9.17) is 4.74 Å². The molecule has 1 heterocycles. The summed E-state index contributed by atoms with van der Waals surface area (Å²) >= 11 is 0. The first-order chi connectivity index (χ1) is 9.74. The molecule has 0 aromatic heterocycles. The number of aliphatic hydroxyl groups excluding tert-OH is 1. The lowest BCUT2D eigenvalue weighted by Gasteiger charge is -2.41. The van der Waals surface area contributed by atoms with Gasteiger partial charge in [-0.15, -0.1) is 0 Å². The Hall–Kier alpha value is -0.0800. The fourth-order valence-corrected chi connectivity index (χ4v) is 4.20. The van der Waals surface area contributed by atoms with Gasteiger partial charge in [0.2, 0.25) is 0 Å². The second-order valence-corrected chi connectivity index (χ2v) is 7.05. The van der Waals surface area contributed by atoms with Crippen molar-refractivity contribution in [3.63, 3.8) is 0 Å². The quantitative estimate of drug-likeness (QED) is 0.765. The predicted molar refractivity (Wildman–Crippen MR) is 83.8 cm³/mol. The van der Waals surface area contributed by atoms with Crippen LogP contribution in [0.4, 0.5) is 0 Å². The highest BCUT2D eigenvalue weighted by Crippen LogP contribution is 2.37. The van der Waals surface area contributed by atoms with Crippen LogP contribution in [0.25, 0.3) is 0 Å². The van der Waals surface area contributed by atoms with Gasteiger partial charge >= 0.3 is 0 Å². The van der Waals surface area contributed by atoms with Crippen molar-refractivity contribution >= 4 is 0 Å². The lowest BCUT2D eigenvalue weighted by molar-refractivity contribution is -0.142. The van der Waals surface area contributed by atoms with Crippen LogP contribution >= 0.6 is 0 Å². The van der Waals surface area contributed by atoms with Crippen LogP contribution in [0.5, 0.6) is 0 Å². The zero-order valence-electron chi connectivity index (χ0n) is 13.5. The van der Waals surface area contributed by atoms with E-state index >= 15 is 0 Å². The smallest absolute Gasteiger partial charge is 0.0631 e. The zero-order chi connectivity index (χ0) is 14.4. The highest BCUT2D eigenvalue weighted by molar-refractivity contribution is 4.85. The SMILES string of the molecule is CCCCC(CC)[C@@H]1C[C@H](O)C[C@H](C2CCCCC2)O1. The summed E-state index contributed by atoms with van der Waals surface area (Å²) in [5.41, 5.74) is 0. The Bertz CT molecular complexity index is 260. The van der Waals surface area contributed by atoms with E-state index < -0.39 is 0 Å². The Morgan fingerprint density at radius 2 is 1.85 bits per heavy atom. The molecule has 118 valence electrons. The van der Waals surface area contributed by atoms with Gasteiger partial charge in [0, 0.05) is 0 Å². The number of ether oxygens (including phenoxy) is 1. The first-order valence-corrected chi connectivity index (χ1v) is 9.08. The fourth-order valence-electron chi connectivity index (χ4n) is 4.20. The highest BCUT2D eigenvalue weighted by atomic mass is 16.5. The molecular weight excluding hydrogens is 248 g/mol. The molecule has 2 fully saturated rings. The zero-order valence-corrected chi connectivity index (χ0v) is 13.5. The molecule has 2 nitrogen and oxygen atoms in total. The average Bonchev–Trinajstić information content (AvgIpc) is 2.48. The monoisotopic (exact) mass is 282 g/mol. The molecule has 2 heteroatoms. The number of hydrogen-bond acceptors (Lipinski definition) is 2. The van der Waals surface area contributed by atoms with Crippen LogP contribution in [-0.4, -0.2) is 23.4 Å². The second-order valence-electron chi connectivity index (χ2n) is 7.05. The minimum atomic E-state index is -0.128. The molecule has 0 aromatic rings. The lowest BCUT2D eigenvalue weighted by atomic mass is 9.79. The van der Waals surface area contributed by atoms with E-state index in [0.29, 0.717) is 24.0 Å². The van der Waals surface area contributed by atoms with Crippen molar-refractivity contribution in [2.45, 2.75) is 103 Å². The first kappa shape index (κ1) is 16.3. The van der Waals surface area contributed by atoms with E-state index in [-0.39, 0.29) is 6.10 Å². The fraction of sp³-hybridized carbons (Fsp3) is 1.00. The third kappa shape index (κ3) is 4.46. The summed E-state index contributed by atoms with van der Waals surface area (Å²) < 4.78 is 6.49. The highest BCUT2D eigenvalue weighted by Gasteiger charge is 2.36.